The van der Waals surface area contributed by atoms with E-state index in [1.165, 1.54) is 0 Å². The van der Waals surface area contributed by atoms with E-state index in [2.05, 4.69) is 5.32 Å². The van der Waals surface area contributed by atoms with Crippen LogP contribution in [0.15, 0.2) is 18.2 Å². The molecule has 2 heterocycles. The second kappa shape index (κ2) is 5.48. The number of hydrogen-bond acceptors (Lipinski definition) is 4. The van der Waals surface area contributed by atoms with Gasteiger partial charge in [0.15, 0.2) is 11.5 Å². The molecule has 1 fully saturated rings. The molecule has 1 aromatic rings. The largest absolute Gasteiger partial charge is 0.454 e. The Morgan fingerprint density at radius 1 is 1.32 bits per heavy atom. The van der Waals surface area contributed by atoms with Gasteiger partial charge in [0.1, 0.15) is 0 Å². The van der Waals surface area contributed by atoms with Crippen molar-refractivity contribution in [2.45, 2.75) is 19.4 Å². The van der Waals surface area contributed by atoms with Gasteiger partial charge in [0, 0.05) is 13.2 Å². The zero-order valence-corrected chi connectivity index (χ0v) is 10.7. The van der Waals surface area contributed by atoms with Gasteiger partial charge in [-0.3, -0.25) is 4.79 Å². The number of nitrogens with one attached hydrogen (secondary N) is 1. The third-order valence-electron chi connectivity index (χ3n) is 3.43. The molecule has 0 saturated carbocycles. The molecule has 3 rings (SSSR count). The average molecular weight is 263 g/mol. The fourth-order valence-corrected chi connectivity index (χ4v) is 2.33. The van der Waals surface area contributed by atoms with Gasteiger partial charge in [0.2, 0.25) is 12.7 Å². The molecule has 5 heteroatoms. The Labute approximate surface area is 111 Å². The highest BCUT2D eigenvalue weighted by Gasteiger charge is 2.21. The molecule has 102 valence electrons. The van der Waals surface area contributed by atoms with Crippen molar-refractivity contribution in [3.05, 3.63) is 23.8 Å². The normalized spacial score (nSPS) is 21.2. The third-order valence-corrected chi connectivity index (χ3v) is 3.43. The molecule has 1 N–H and O–H groups in total. The van der Waals surface area contributed by atoms with Crippen LogP contribution in [0.5, 0.6) is 11.5 Å². The van der Waals surface area contributed by atoms with Crippen LogP contribution >= 0.6 is 0 Å². The summed E-state index contributed by atoms with van der Waals surface area (Å²) in [6, 6.07) is 5.71. The molecular weight excluding hydrogens is 246 g/mol. The predicted octanol–water partition coefficient (Wildman–Crippen LogP) is 1.46. The molecule has 1 atom stereocenters. The summed E-state index contributed by atoms with van der Waals surface area (Å²) in [7, 11) is 0. The molecule has 0 aliphatic carbocycles. The SMILES string of the molecule is O=C(NCc1ccc2c(c1)OCO2)C1CCCOC1. The average Bonchev–Trinajstić information content (AvgIpc) is 2.93. The van der Waals surface area contributed by atoms with E-state index in [1.807, 2.05) is 18.2 Å². The Kier molecular flexibility index (Phi) is 3.55. The first kappa shape index (κ1) is 12.3. The zero-order chi connectivity index (χ0) is 13.1. The molecule has 2 aliphatic heterocycles. The minimum Gasteiger partial charge on any atom is -0.454 e. The monoisotopic (exact) mass is 263 g/mol. The number of benzene rings is 1. The highest BCUT2D eigenvalue weighted by molar-refractivity contribution is 5.78. The van der Waals surface area contributed by atoms with Crippen molar-refractivity contribution in [2.75, 3.05) is 20.0 Å². The van der Waals surface area contributed by atoms with Gasteiger partial charge < -0.3 is 19.5 Å². The van der Waals surface area contributed by atoms with Gasteiger partial charge >= 0.3 is 0 Å². The van der Waals surface area contributed by atoms with Crippen molar-refractivity contribution >= 4 is 5.91 Å². The molecular formula is C14H17NO4. The van der Waals surface area contributed by atoms with Gasteiger partial charge in [-0.2, -0.15) is 0 Å². The van der Waals surface area contributed by atoms with E-state index in [0.29, 0.717) is 13.2 Å². The molecule has 0 spiro atoms. The lowest BCUT2D eigenvalue weighted by molar-refractivity contribution is -0.129. The fourth-order valence-electron chi connectivity index (χ4n) is 2.33. The quantitative estimate of drug-likeness (QED) is 0.897. The Morgan fingerprint density at radius 3 is 3.05 bits per heavy atom. The van der Waals surface area contributed by atoms with Crippen LogP contribution in [-0.2, 0) is 16.1 Å². The number of hydrogen-bond donors (Lipinski definition) is 1. The predicted molar refractivity (Wildman–Crippen MR) is 68.0 cm³/mol. The summed E-state index contributed by atoms with van der Waals surface area (Å²) in [5.74, 6) is 1.56. The van der Waals surface area contributed by atoms with Crippen molar-refractivity contribution in [1.82, 2.24) is 5.32 Å². The van der Waals surface area contributed by atoms with Crippen LogP contribution in [0.4, 0.5) is 0 Å². The lowest BCUT2D eigenvalue weighted by atomic mass is 10.0. The van der Waals surface area contributed by atoms with E-state index in [-0.39, 0.29) is 18.6 Å². The van der Waals surface area contributed by atoms with Gasteiger partial charge in [-0.25, -0.2) is 0 Å². The van der Waals surface area contributed by atoms with Crippen LogP contribution in [0, 0.1) is 5.92 Å². The first-order valence-electron chi connectivity index (χ1n) is 6.57. The van der Waals surface area contributed by atoms with Crippen LogP contribution < -0.4 is 14.8 Å². The van der Waals surface area contributed by atoms with Crippen molar-refractivity contribution < 1.29 is 19.0 Å². The third kappa shape index (κ3) is 2.81. The summed E-state index contributed by atoms with van der Waals surface area (Å²) in [6.07, 6.45) is 1.87. The number of fused-ring (bicyclic) bond motifs is 1. The maximum atomic E-state index is 12.0. The topological polar surface area (TPSA) is 56.8 Å². The molecule has 0 bridgehead atoms. The summed E-state index contributed by atoms with van der Waals surface area (Å²) in [5, 5.41) is 2.94. The highest BCUT2D eigenvalue weighted by Crippen LogP contribution is 2.32. The zero-order valence-electron chi connectivity index (χ0n) is 10.7. The number of amides is 1. The molecule has 0 aromatic heterocycles. The summed E-state index contributed by atoms with van der Waals surface area (Å²) in [6.45, 7) is 2.08. The highest BCUT2D eigenvalue weighted by atomic mass is 16.7. The Bertz CT molecular complexity index is 469. The van der Waals surface area contributed by atoms with Crippen molar-refractivity contribution in [1.29, 1.82) is 0 Å². The molecule has 19 heavy (non-hydrogen) atoms. The fraction of sp³-hybridized carbons (Fsp3) is 0.500. The van der Waals surface area contributed by atoms with Gasteiger partial charge in [-0.15, -0.1) is 0 Å². The van der Waals surface area contributed by atoms with Crippen LogP contribution in [0.3, 0.4) is 0 Å². The maximum Gasteiger partial charge on any atom is 0.231 e. The van der Waals surface area contributed by atoms with Crippen LogP contribution in [0.25, 0.3) is 0 Å². The van der Waals surface area contributed by atoms with Crippen molar-refractivity contribution in [3.63, 3.8) is 0 Å². The summed E-state index contributed by atoms with van der Waals surface area (Å²) >= 11 is 0. The molecule has 1 unspecified atom stereocenters. The second-order valence-corrected chi connectivity index (χ2v) is 4.82. The molecule has 5 nitrogen and oxygen atoms in total. The summed E-state index contributed by atoms with van der Waals surface area (Å²) in [4.78, 5) is 12.0. The van der Waals surface area contributed by atoms with Crippen LogP contribution in [-0.4, -0.2) is 25.9 Å². The number of ether oxygens (including phenoxy) is 3. The van der Waals surface area contributed by atoms with Crippen LogP contribution in [0.1, 0.15) is 18.4 Å². The molecule has 1 saturated heterocycles. The van der Waals surface area contributed by atoms with Crippen molar-refractivity contribution in [3.8, 4) is 11.5 Å². The summed E-state index contributed by atoms with van der Waals surface area (Å²) < 4.78 is 15.9. The van der Waals surface area contributed by atoms with Gasteiger partial charge in [-0.1, -0.05) is 6.07 Å². The van der Waals surface area contributed by atoms with E-state index in [1.54, 1.807) is 0 Å². The second-order valence-electron chi connectivity index (χ2n) is 4.82. The Morgan fingerprint density at radius 2 is 2.21 bits per heavy atom. The number of carbonyl (C=O) groups is 1. The lowest BCUT2D eigenvalue weighted by Crippen LogP contribution is -2.35. The van der Waals surface area contributed by atoms with Gasteiger partial charge in [0.25, 0.3) is 0 Å². The van der Waals surface area contributed by atoms with Gasteiger partial charge in [0.05, 0.1) is 12.5 Å². The smallest absolute Gasteiger partial charge is 0.231 e. The van der Waals surface area contributed by atoms with E-state index >= 15 is 0 Å². The van der Waals surface area contributed by atoms with Crippen LogP contribution in [0.2, 0.25) is 0 Å². The number of carbonyl (C=O) groups excluding carboxylic acids is 1. The first-order chi connectivity index (χ1) is 9.33. The first-order valence-corrected chi connectivity index (χ1v) is 6.57. The Balaban J connectivity index is 1.55. The molecule has 0 radical (unpaired) electrons. The summed E-state index contributed by atoms with van der Waals surface area (Å²) in [5.41, 5.74) is 1.01. The standard InChI is InChI=1S/C14H17NO4/c16-14(11-2-1-5-17-8-11)15-7-10-3-4-12-13(6-10)19-9-18-12/h3-4,6,11H,1-2,5,7-9H2,(H,15,16). The van der Waals surface area contributed by atoms with E-state index < -0.39 is 0 Å². The Hall–Kier alpha value is -1.75. The lowest BCUT2D eigenvalue weighted by Gasteiger charge is -2.21. The van der Waals surface area contributed by atoms with E-state index in [9.17, 15) is 4.79 Å². The molecule has 1 aromatic carbocycles. The molecule has 2 aliphatic rings. The van der Waals surface area contributed by atoms with Gasteiger partial charge in [-0.05, 0) is 30.5 Å². The van der Waals surface area contributed by atoms with Crippen molar-refractivity contribution in [2.24, 2.45) is 5.92 Å². The maximum absolute atomic E-state index is 12.0. The van der Waals surface area contributed by atoms with E-state index in [4.69, 9.17) is 14.2 Å². The van der Waals surface area contributed by atoms with E-state index in [0.717, 1.165) is 36.5 Å². The minimum absolute atomic E-state index is 0.0113. The molecule has 1 amide bonds. The number of rotatable bonds is 3. The minimum atomic E-state index is -0.0113.